The van der Waals surface area contributed by atoms with Crippen LogP contribution in [0.15, 0.2) is 0 Å². The number of halogens is 5. The third-order valence-electron chi connectivity index (χ3n) is 4.13. The molecule has 25 heavy (non-hydrogen) atoms. The summed E-state index contributed by atoms with van der Waals surface area (Å²) in [7, 11) is 0. The molecule has 0 spiro atoms. The molecule has 0 saturated carbocycles. The normalized spacial score (nSPS) is 35.0. The Labute approximate surface area is 139 Å². The van der Waals surface area contributed by atoms with Crippen molar-refractivity contribution in [3.05, 3.63) is 0 Å². The molecular weight excluding hydrogens is 387 g/mol. The van der Waals surface area contributed by atoms with Gasteiger partial charge in [-0.15, -0.1) is 4.33 Å². The topological polar surface area (TPSA) is 101 Å². The van der Waals surface area contributed by atoms with E-state index in [9.17, 15) is 31.5 Å². The molecule has 6 unspecified atom stereocenters. The van der Waals surface area contributed by atoms with Crippen molar-refractivity contribution < 1.29 is 60.4 Å². The van der Waals surface area contributed by atoms with Crippen molar-refractivity contribution in [3.63, 3.8) is 0 Å². The van der Waals surface area contributed by atoms with E-state index in [-0.39, 0.29) is 6.42 Å². The number of rotatable bonds is 6. The van der Waals surface area contributed by atoms with Crippen LogP contribution in [-0.2, 0) is 33.2 Å². The first-order valence-electron chi connectivity index (χ1n) is 6.73. The van der Waals surface area contributed by atoms with Gasteiger partial charge >= 0.3 is 23.4 Å². The minimum atomic E-state index is -5.66. The Morgan fingerprint density at radius 2 is 1.96 bits per heavy atom. The highest BCUT2D eigenvalue weighted by Gasteiger charge is 2.68. The van der Waals surface area contributed by atoms with Crippen LogP contribution in [0.5, 0.6) is 0 Å². The number of fused-ring (bicyclic) bond motifs is 1. The van der Waals surface area contributed by atoms with E-state index in [0.29, 0.717) is 0 Å². The minimum Gasteiger partial charge on any atom is -0.459 e. The zero-order valence-corrected chi connectivity index (χ0v) is 12.6. The monoisotopic (exact) mass is 396 g/mol. The fraction of sp³-hybridized carbons (Fsp3) is 0.818. The standard InChI is InChI=1S/C11H9F5O8S/c12-10(13,14)9(11(15,16)25-24-23-19)22-7(17)4-2-1-3-6(20-2)5(4)8(18)21-3/h2-6,9,19H,1H2. The Morgan fingerprint density at radius 3 is 2.56 bits per heavy atom. The molecule has 6 atom stereocenters. The Bertz CT molecular complexity index is 569. The first-order valence-corrected chi connectivity index (χ1v) is 7.47. The Balaban J connectivity index is 1.76. The molecule has 2 bridgehead atoms. The molecule has 14 heteroatoms. The highest BCUT2D eigenvalue weighted by molar-refractivity contribution is 7.95. The van der Waals surface area contributed by atoms with Crippen molar-refractivity contribution in [2.75, 3.05) is 0 Å². The van der Waals surface area contributed by atoms with E-state index in [4.69, 9.17) is 14.7 Å². The molecule has 0 aromatic carbocycles. The highest BCUT2D eigenvalue weighted by atomic mass is 32.2. The zero-order valence-electron chi connectivity index (χ0n) is 11.8. The summed E-state index contributed by atoms with van der Waals surface area (Å²) in [5, 5.41) is 5.80. The lowest BCUT2D eigenvalue weighted by molar-refractivity contribution is -0.434. The van der Waals surface area contributed by atoms with Gasteiger partial charge in [0, 0.05) is 6.42 Å². The zero-order chi connectivity index (χ0) is 18.6. The smallest absolute Gasteiger partial charge is 0.432 e. The molecule has 3 rings (SSSR count). The SMILES string of the molecule is O=C(OC(C(F)(F)F)C(F)(F)SOOO)C1C2CC3OC(=O)C1C3O2. The molecule has 3 aliphatic heterocycles. The molecule has 142 valence electrons. The van der Waals surface area contributed by atoms with Crippen molar-refractivity contribution in [2.45, 2.75) is 42.3 Å². The van der Waals surface area contributed by atoms with Gasteiger partial charge < -0.3 is 14.2 Å². The van der Waals surface area contributed by atoms with E-state index in [1.54, 1.807) is 0 Å². The summed E-state index contributed by atoms with van der Waals surface area (Å²) in [6.45, 7) is 0. The van der Waals surface area contributed by atoms with Crippen LogP contribution in [-0.4, -0.2) is 53.0 Å². The first-order chi connectivity index (χ1) is 11.6. The predicted molar refractivity (Wildman–Crippen MR) is 63.4 cm³/mol. The second-order valence-electron chi connectivity index (χ2n) is 5.55. The average molecular weight is 396 g/mol. The second-order valence-corrected chi connectivity index (χ2v) is 6.40. The summed E-state index contributed by atoms with van der Waals surface area (Å²) >= 11 is -1.20. The lowest BCUT2D eigenvalue weighted by atomic mass is 9.80. The molecule has 3 fully saturated rings. The number of carbonyl (C=O) groups excluding carboxylic acids is 2. The summed E-state index contributed by atoms with van der Waals surface area (Å²) < 4.78 is 83.3. The third kappa shape index (κ3) is 3.16. The molecule has 0 amide bonds. The summed E-state index contributed by atoms with van der Waals surface area (Å²) in [5.74, 6) is -5.18. The van der Waals surface area contributed by atoms with Crippen LogP contribution in [0.25, 0.3) is 0 Å². The summed E-state index contributed by atoms with van der Waals surface area (Å²) in [5.41, 5.74) is 0. The summed E-state index contributed by atoms with van der Waals surface area (Å²) in [4.78, 5) is 23.8. The number of carbonyl (C=O) groups is 2. The van der Waals surface area contributed by atoms with E-state index in [1.165, 1.54) is 0 Å². The maximum Gasteiger partial charge on any atom is 0.432 e. The molecule has 3 heterocycles. The molecule has 0 radical (unpaired) electrons. The quantitative estimate of drug-likeness (QED) is 0.235. The van der Waals surface area contributed by atoms with E-state index < -0.39 is 71.7 Å². The van der Waals surface area contributed by atoms with Gasteiger partial charge in [0.15, 0.2) is 0 Å². The summed E-state index contributed by atoms with van der Waals surface area (Å²) in [6, 6.07) is 0. The van der Waals surface area contributed by atoms with E-state index in [2.05, 4.69) is 14.1 Å². The molecule has 0 aliphatic carbocycles. The van der Waals surface area contributed by atoms with Crippen LogP contribution in [0.2, 0.25) is 0 Å². The predicted octanol–water partition coefficient (Wildman–Crippen LogP) is 1.45. The Kier molecular flexibility index (Phi) is 4.60. The van der Waals surface area contributed by atoms with E-state index in [0.717, 1.165) is 0 Å². The number of ether oxygens (including phenoxy) is 3. The Morgan fingerprint density at radius 1 is 1.28 bits per heavy atom. The van der Waals surface area contributed by atoms with Gasteiger partial charge in [-0.3, -0.25) is 9.59 Å². The van der Waals surface area contributed by atoms with E-state index >= 15 is 0 Å². The van der Waals surface area contributed by atoms with Crippen LogP contribution in [0, 0.1) is 11.8 Å². The molecule has 0 aromatic rings. The van der Waals surface area contributed by atoms with Crippen LogP contribution in [0.4, 0.5) is 22.0 Å². The number of esters is 2. The molecule has 1 N–H and O–H groups in total. The van der Waals surface area contributed by atoms with Crippen molar-refractivity contribution >= 4 is 24.0 Å². The van der Waals surface area contributed by atoms with Gasteiger partial charge in [-0.25, -0.2) is 5.26 Å². The largest absolute Gasteiger partial charge is 0.459 e. The van der Waals surface area contributed by atoms with Crippen molar-refractivity contribution in [3.8, 4) is 0 Å². The van der Waals surface area contributed by atoms with Crippen molar-refractivity contribution in [1.82, 2.24) is 0 Å². The van der Waals surface area contributed by atoms with Crippen molar-refractivity contribution in [2.24, 2.45) is 11.8 Å². The van der Waals surface area contributed by atoms with Gasteiger partial charge in [0.25, 0.3) is 6.10 Å². The van der Waals surface area contributed by atoms with E-state index in [1.807, 2.05) is 0 Å². The number of hydrogen-bond donors (Lipinski definition) is 1. The third-order valence-corrected chi connectivity index (χ3v) is 4.69. The molecular formula is C11H9F5O8S. The number of alkyl halides is 5. The lowest BCUT2D eigenvalue weighted by Crippen LogP contribution is -2.49. The first kappa shape index (κ1) is 18.6. The van der Waals surface area contributed by atoms with Crippen LogP contribution in [0.3, 0.4) is 0 Å². The second kappa shape index (κ2) is 6.19. The lowest BCUT2D eigenvalue weighted by Gasteiger charge is -2.28. The van der Waals surface area contributed by atoms with Gasteiger partial charge in [-0.05, 0) is 0 Å². The van der Waals surface area contributed by atoms with Crippen LogP contribution in [0.1, 0.15) is 6.42 Å². The molecule has 0 aromatic heterocycles. The average Bonchev–Trinajstić information content (AvgIpc) is 3.10. The minimum absolute atomic E-state index is 0.0654. The maximum atomic E-state index is 13.6. The van der Waals surface area contributed by atoms with Crippen LogP contribution < -0.4 is 0 Å². The molecule has 3 aliphatic rings. The fourth-order valence-electron chi connectivity index (χ4n) is 3.24. The molecule has 3 saturated heterocycles. The highest BCUT2D eigenvalue weighted by Crippen LogP contribution is 2.51. The van der Waals surface area contributed by atoms with Gasteiger partial charge in [-0.1, -0.05) is 5.04 Å². The van der Waals surface area contributed by atoms with Gasteiger partial charge in [0.1, 0.15) is 30.2 Å². The van der Waals surface area contributed by atoms with Gasteiger partial charge in [-0.2, -0.15) is 22.0 Å². The van der Waals surface area contributed by atoms with Gasteiger partial charge in [0.2, 0.25) is 0 Å². The van der Waals surface area contributed by atoms with Gasteiger partial charge in [0.05, 0.1) is 12.0 Å². The van der Waals surface area contributed by atoms with Crippen LogP contribution >= 0.6 is 12.0 Å². The summed E-state index contributed by atoms with van der Waals surface area (Å²) in [6.07, 6.45) is -11.9. The maximum absolute atomic E-state index is 13.6. The molecule has 8 nitrogen and oxygen atoms in total. The Hall–Kier alpha value is -1.22. The fourth-order valence-corrected chi connectivity index (χ4v) is 3.63. The van der Waals surface area contributed by atoms with Crippen molar-refractivity contribution in [1.29, 1.82) is 0 Å². The number of hydrogen-bond acceptors (Lipinski definition) is 9.